The number of esters is 2. The average Bonchev–Trinajstić information content (AvgIpc) is 3.26. The van der Waals surface area contributed by atoms with Crippen molar-refractivity contribution in [2.24, 2.45) is 0 Å². The molecule has 5 amide bonds. The van der Waals surface area contributed by atoms with Gasteiger partial charge in [-0.2, -0.15) is 0 Å². The zero-order chi connectivity index (χ0) is 50.7. The van der Waals surface area contributed by atoms with Crippen LogP contribution in [0, 0.1) is 0 Å². The fraction of sp³-hybridized carbons (Fsp3) is 0.857. The molecule has 0 aliphatic carbocycles. The number of alkyl halides is 1. The third-order valence-electron chi connectivity index (χ3n) is 9.88. The Bertz CT molecular complexity index is 1380. The van der Waals surface area contributed by atoms with Gasteiger partial charge in [0.05, 0.1) is 44.1 Å². The Labute approximate surface area is 421 Å². The van der Waals surface area contributed by atoms with Gasteiger partial charge in [0.25, 0.3) is 0 Å². The van der Waals surface area contributed by atoms with Gasteiger partial charge in [-0.15, -0.1) is 0 Å². The van der Waals surface area contributed by atoms with E-state index < -0.39 is 23.2 Å². The van der Waals surface area contributed by atoms with Crippen molar-refractivity contribution >= 4 is 64.1 Å². The van der Waals surface area contributed by atoms with Gasteiger partial charge < -0.3 is 55.0 Å². The first-order valence-electron chi connectivity index (χ1n) is 25.1. The lowest BCUT2D eigenvalue weighted by Gasteiger charge is -2.24. The molecule has 0 heterocycles. The van der Waals surface area contributed by atoms with E-state index in [-0.39, 0.29) is 114 Å². The van der Waals surface area contributed by atoms with Crippen LogP contribution in [0.5, 0.6) is 0 Å². The first-order valence-corrected chi connectivity index (χ1v) is 26.6. The molecule has 0 fully saturated rings. The number of amides is 5. The molecule has 396 valence electrons. The smallest absolute Gasteiger partial charge is 0.329 e. The number of rotatable bonds is 44. The molecule has 0 rings (SSSR count). The topological polar surface area (TPSA) is 235 Å². The van der Waals surface area contributed by atoms with Gasteiger partial charge in [0.2, 0.25) is 29.5 Å². The Morgan fingerprint density at radius 2 is 0.794 bits per heavy atom. The summed E-state index contributed by atoms with van der Waals surface area (Å²) in [5, 5.41) is 13.5. The van der Waals surface area contributed by atoms with Gasteiger partial charge in [-0.25, -0.2) is 4.79 Å². The summed E-state index contributed by atoms with van der Waals surface area (Å²) in [6.45, 7) is 13.2. The van der Waals surface area contributed by atoms with Crippen molar-refractivity contribution < 1.29 is 62.0 Å². The minimum absolute atomic E-state index is 0.0167. The molecule has 5 N–H and O–H groups in total. The summed E-state index contributed by atoms with van der Waals surface area (Å²) in [6.07, 6.45) is 19.4. The largest absolute Gasteiger partial charge is 0.460 e. The normalized spacial score (nSPS) is 11.9. The van der Waals surface area contributed by atoms with Crippen molar-refractivity contribution in [3.05, 3.63) is 0 Å². The maximum absolute atomic E-state index is 12.9. The molecule has 0 aliphatic rings. The third-order valence-corrected chi connectivity index (χ3v) is 10.6. The van der Waals surface area contributed by atoms with Crippen molar-refractivity contribution in [2.75, 3.05) is 83.5 Å². The number of halogens is 1. The second-order valence-electron chi connectivity index (χ2n) is 18.8. The van der Waals surface area contributed by atoms with Crippen molar-refractivity contribution in [2.45, 2.75) is 187 Å². The molecule has 0 aromatic heterocycles. The zero-order valence-corrected chi connectivity index (χ0v) is 44.8. The SMILES string of the molecule is CC(C)(C)OC(=O)CCCCCCCCCCCCCCCCCCC(=O)N[C@@H](CCC(=O)NCCOCCOCC(=O)NCCOCCOCC(=O)NCCNC(=O)CI)C(=O)OC(C)(C)C. The lowest BCUT2D eigenvalue weighted by atomic mass is 10.0. The summed E-state index contributed by atoms with van der Waals surface area (Å²) in [6, 6.07) is -0.932. The Balaban J connectivity index is 3.94. The van der Waals surface area contributed by atoms with E-state index in [1.807, 2.05) is 43.4 Å². The van der Waals surface area contributed by atoms with Gasteiger partial charge in [0.1, 0.15) is 30.5 Å². The zero-order valence-electron chi connectivity index (χ0n) is 42.6. The van der Waals surface area contributed by atoms with E-state index in [1.54, 1.807) is 20.8 Å². The van der Waals surface area contributed by atoms with E-state index in [1.165, 1.54) is 64.2 Å². The second kappa shape index (κ2) is 42.7. The highest BCUT2D eigenvalue weighted by molar-refractivity contribution is 14.1. The molecule has 1 atom stereocenters. The molecule has 0 saturated carbocycles. The predicted molar refractivity (Wildman–Crippen MR) is 270 cm³/mol. The van der Waals surface area contributed by atoms with Crippen LogP contribution < -0.4 is 26.6 Å². The summed E-state index contributed by atoms with van der Waals surface area (Å²) < 4.78 is 32.6. The molecular weight excluding hydrogens is 993 g/mol. The van der Waals surface area contributed by atoms with Crippen molar-refractivity contribution in [3.63, 3.8) is 0 Å². The van der Waals surface area contributed by atoms with E-state index in [4.69, 9.17) is 28.4 Å². The maximum atomic E-state index is 12.9. The van der Waals surface area contributed by atoms with Gasteiger partial charge in [0.15, 0.2) is 0 Å². The van der Waals surface area contributed by atoms with Gasteiger partial charge >= 0.3 is 11.9 Å². The molecule has 0 spiro atoms. The lowest BCUT2D eigenvalue weighted by Crippen LogP contribution is -2.44. The number of hydrogen-bond acceptors (Lipinski definition) is 13. The molecule has 0 aromatic carbocycles. The van der Waals surface area contributed by atoms with Gasteiger partial charge in [-0.1, -0.05) is 112 Å². The standard InChI is InChI=1S/C49H90IN5O13/c1-48(2,3)67-46(61)24-22-20-18-16-14-12-10-8-7-9-11-13-15-17-19-21-23-42(57)55-40(47(62)68-49(4,5)6)25-26-41(56)53-29-31-63-33-36-66-39-45(60)54-30-32-64-34-35-65-38-44(59)52-28-27-51-43(58)37-50/h40H,7-39H2,1-6H3,(H,51,58)(H,52,59)(H,53,56)(H,54,60)(H,55,57)/t40-/m0/s1. The van der Waals surface area contributed by atoms with Crippen LogP contribution in [0.4, 0.5) is 0 Å². The van der Waals surface area contributed by atoms with E-state index >= 15 is 0 Å². The summed E-state index contributed by atoms with van der Waals surface area (Å²) in [7, 11) is 0. The third kappa shape index (κ3) is 46.6. The molecular formula is C49H90IN5O13. The lowest BCUT2D eigenvalue weighted by molar-refractivity contribution is -0.159. The van der Waals surface area contributed by atoms with Crippen molar-refractivity contribution in [1.82, 2.24) is 26.6 Å². The number of ether oxygens (including phenoxy) is 6. The second-order valence-corrected chi connectivity index (χ2v) is 19.6. The number of carbonyl (C=O) groups is 7. The molecule has 0 bridgehead atoms. The van der Waals surface area contributed by atoms with E-state index in [2.05, 4.69) is 26.6 Å². The molecule has 0 unspecified atom stereocenters. The van der Waals surface area contributed by atoms with Crippen LogP contribution in [-0.4, -0.2) is 142 Å². The highest BCUT2D eigenvalue weighted by Crippen LogP contribution is 2.16. The van der Waals surface area contributed by atoms with Gasteiger partial charge in [-0.3, -0.25) is 28.8 Å². The van der Waals surface area contributed by atoms with Crippen LogP contribution >= 0.6 is 22.6 Å². The monoisotopic (exact) mass is 1080 g/mol. The fourth-order valence-electron chi connectivity index (χ4n) is 6.52. The number of hydrogen-bond donors (Lipinski definition) is 5. The molecule has 0 radical (unpaired) electrons. The van der Waals surface area contributed by atoms with E-state index in [0.29, 0.717) is 30.4 Å². The fourth-order valence-corrected chi connectivity index (χ4v) is 6.79. The van der Waals surface area contributed by atoms with Crippen LogP contribution in [0.15, 0.2) is 0 Å². The van der Waals surface area contributed by atoms with Crippen LogP contribution in [0.2, 0.25) is 0 Å². The Morgan fingerprint density at radius 3 is 1.24 bits per heavy atom. The molecule has 0 aromatic rings. The summed E-state index contributed by atoms with van der Waals surface area (Å²) in [5.41, 5.74) is -1.14. The quantitative estimate of drug-likeness (QED) is 0.0207. The molecule has 0 saturated heterocycles. The van der Waals surface area contributed by atoms with Crippen LogP contribution in [-0.2, 0) is 62.0 Å². The summed E-state index contributed by atoms with van der Waals surface area (Å²) >= 11 is 1.96. The van der Waals surface area contributed by atoms with E-state index in [0.717, 1.165) is 38.5 Å². The van der Waals surface area contributed by atoms with Crippen LogP contribution in [0.3, 0.4) is 0 Å². The minimum atomic E-state index is -0.932. The van der Waals surface area contributed by atoms with Crippen LogP contribution in [0.25, 0.3) is 0 Å². The minimum Gasteiger partial charge on any atom is -0.460 e. The Hall–Kier alpha value is -3.14. The first kappa shape index (κ1) is 64.9. The highest BCUT2D eigenvalue weighted by atomic mass is 127. The maximum Gasteiger partial charge on any atom is 0.329 e. The molecule has 0 aliphatic heterocycles. The van der Waals surface area contributed by atoms with Crippen molar-refractivity contribution in [1.29, 1.82) is 0 Å². The molecule has 18 nitrogen and oxygen atoms in total. The Morgan fingerprint density at radius 1 is 0.412 bits per heavy atom. The number of unbranched alkanes of at least 4 members (excludes halogenated alkanes) is 15. The summed E-state index contributed by atoms with van der Waals surface area (Å²) in [4.78, 5) is 84.8. The molecule has 68 heavy (non-hydrogen) atoms. The van der Waals surface area contributed by atoms with Crippen LogP contribution in [0.1, 0.15) is 170 Å². The molecule has 19 heteroatoms. The number of nitrogens with one attached hydrogen (secondary N) is 5. The first-order chi connectivity index (χ1) is 32.4. The average molecular weight is 1080 g/mol. The van der Waals surface area contributed by atoms with E-state index in [9.17, 15) is 33.6 Å². The predicted octanol–water partition coefficient (Wildman–Crippen LogP) is 5.92. The Kier molecular flexibility index (Phi) is 40.7. The van der Waals surface area contributed by atoms with Crippen molar-refractivity contribution in [3.8, 4) is 0 Å². The van der Waals surface area contributed by atoms with Gasteiger partial charge in [-0.05, 0) is 60.8 Å². The highest BCUT2D eigenvalue weighted by Gasteiger charge is 2.27. The number of carbonyl (C=O) groups excluding carboxylic acids is 7. The van der Waals surface area contributed by atoms with Gasteiger partial charge in [0, 0.05) is 45.4 Å². The summed E-state index contributed by atoms with van der Waals surface area (Å²) in [5.74, 6) is -1.87.